The Morgan fingerprint density at radius 2 is 1.89 bits per heavy atom. The highest BCUT2D eigenvalue weighted by molar-refractivity contribution is 5.89. The van der Waals surface area contributed by atoms with E-state index in [1.54, 1.807) is 4.90 Å². The number of imidazole rings is 1. The Morgan fingerprint density at radius 3 is 2.68 bits per heavy atom. The lowest BCUT2D eigenvalue weighted by molar-refractivity contribution is -0.143. The summed E-state index contributed by atoms with van der Waals surface area (Å²) in [7, 11) is 0. The summed E-state index contributed by atoms with van der Waals surface area (Å²) < 4.78 is 2.11. The Labute approximate surface area is 164 Å². The molecule has 1 unspecified atom stereocenters. The number of nitrogens with zero attached hydrogens (tertiary/aromatic N) is 3. The molecule has 2 amide bonds. The lowest BCUT2D eigenvalue weighted by Gasteiger charge is -2.34. The second-order valence-corrected chi connectivity index (χ2v) is 6.99. The number of rotatable bonds is 5. The van der Waals surface area contributed by atoms with Crippen LogP contribution in [0.25, 0.3) is 16.7 Å². The largest absolute Gasteiger partial charge is 0.353 e. The molecule has 1 N–H and O–H groups in total. The van der Waals surface area contributed by atoms with Gasteiger partial charge >= 0.3 is 0 Å². The maximum Gasteiger partial charge on any atom is 0.242 e. The average Bonchev–Trinajstić information content (AvgIpc) is 3.10. The molecular formula is C22H24N4O2. The number of para-hydroxylation sites is 3. The number of aromatic nitrogens is 2. The maximum absolute atomic E-state index is 12.9. The molecule has 3 aromatic rings. The third-order valence-electron chi connectivity index (χ3n) is 5.24. The van der Waals surface area contributed by atoms with Gasteiger partial charge in [-0.05, 0) is 30.7 Å². The first-order valence-corrected chi connectivity index (χ1v) is 9.78. The average molecular weight is 376 g/mol. The van der Waals surface area contributed by atoms with Gasteiger partial charge < -0.3 is 10.2 Å². The van der Waals surface area contributed by atoms with E-state index in [9.17, 15) is 9.59 Å². The minimum atomic E-state index is -0.366. The SMILES string of the molecule is CCC1C(=O)NCCN1C(=O)CCc1nc2ccccc2n1-c1ccccc1. The van der Waals surface area contributed by atoms with E-state index >= 15 is 0 Å². The summed E-state index contributed by atoms with van der Waals surface area (Å²) in [6.07, 6.45) is 1.48. The van der Waals surface area contributed by atoms with Crippen LogP contribution in [0.2, 0.25) is 0 Å². The van der Waals surface area contributed by atoms with E-state index < -0.39 is 0 Å². The molecule has 4 rings (SSSR count). The van der Waals surface area contributed by atoms with Gasteiger partial charge in [0, 0.05) is 31.6 Å². The molecule has 0 radical (unpaired) electrons. The van der Waals surface area contributed by atoms with Crippen molar-refractivity contribution >= 4 is 22.8 Å². The minimum absolute atomic E-state index is 0.00775. The fraction of sp³-hybridized carbons (Fsp3) is 0.318. The van der Waals surface area contributed by atoms with E-state index in [2.05, 4.69) is 9.88 Å². The molecule has 1 aromatic heterocycles. The van der Waals surface area contributed by atoms with Crippen molar-refractivity contribution in [3.63, 3.8) is 0 Å². The number of aryl methyl sites for hydroxylation is 1. The van der Waals surface area contributed by atoms with Crippen LogP contribution in [0.15, 0.2) is 54.6 Å². The van der Waals surface area contributed by atoms with Gasteiger partial charge in [0.15, 0.2) is 0 Å². The van der Waals surface area contributed by atoms with Gasteiger partial charge in [0.2, 0.25) is 11.8 Å². The Morgan fingerprint density at radius 1 is 1.14 bits per heavy atom. The molecular weight excluding hydrogens is 352 g/mol. The van der Waals surface area contributed by atoms with Crippen LogP contribution in [-0.4, -0.2) is 45.4 Å². The van der Waals surface area contributed by atoms with Crippen LogP contribution in [-0.2, 0) is 16.0 Å². The van der Waals surface area contributed by atoms with E-state index in [4.69, 9.17) is 4.98 Å². The third-order valence-corrected chi connectivity index (χ3v) is 5.24. The molecule has 6 nitrogen and oxygen atoms in total. The number of fused-ring (bicyclic) bond motifs is 1. The number of amides is 2. The first-order valence-electron chi connectivity index (χ1n) is 9.78. The smallest absolute Gasteiger partial charge is 0.242 e. The van der Waals surface area contributed by atoms with Crippen LogP contribution < -0.4 is 5.32 Å². The molecule has 6 heteroatoms. The van der Waals surface area contributed by atoms with Crippen molar-refractivity contribution in [2.24, 2.45) is 0 Å². The van der Waals surface area contributed by atoms with Gasteiger partial charge in [-0.1, -0.05) is 37.3 Å². The van der Waals surface area contributed by atoms with Crippen LogP contribution in [0.3, 0.4) is 0 Å². The summed E-state index contributed by atoms with van der Waals surface area (Å²) in [6.45, 7) is 3.02. The quantitative estimate of drug-likeness (QED) is 0.744. The zero-order valence-corrected chi connectivity index (χ0v) is 16.0. The van der Waals surface area contributed by atoms with E-state index in [1.807, 2.05) is 61.5 Å². The Kier molecular flexibility index (Phi) is 5.10. The molecule has 0 bridgehead atoms. The second kappa shape index (κ2) is 7.84. The molecule has 2 heterocycles. The zero-order valence-electron chi connectivity index (χ0n) is 16.0. The number of piperazine rings is 1. The molecule has 28 heavy (non-hydrogen) atoms. The van der Waals surface area contributed by atoms with E-state index in [1.165, 1.54) is 0 Å². The summed E-state index contributed by atoms with van der Waals surface area (Å²) in [5, 5.41) is 2.84. The van der Waals surface area contributed by atoms with Crippen molar-refractivity contribution < 1.29 is 9.59 Å². The van der Waals surface area contributed by atoms with E-state index in [0.29, 0.717) is 32.4 Å². The van der Waals surface area contributed by atoms with Crippen LogP contribution in [0.5, 0.6) is 0 Å². The first kappa shape index (κ1) is 18.2. The van der Waals surface area contributed by atoms with Crippen molar-refractivity contribution in [3.05, 3.63) is 60.4 Å². The number of carbonyl (C=O) groups is 2. The first-order chi connectivity index (χ1) is 13.7. The van der Waals surface area contributed by atoms with Crippen molar-refractivity contribution in [1.82, 2.24) is 19.8 Å². The van der Waals surface area contributed by atoms with Gasteiger partial charge in [-0.15, -0.1) is 0 Å². The molecule has 1 aliphatic rings. The van der Waals surface area contributed by atoms with Crippen molar-refractivity contribution in [2.45, 2.75) is 32.2 Å². The van der Waals surface area contributed by atoms with Gasteiger partial charge in [-0.25, -0.2) is 4.98 Å². The van der Waals surface area contributed by atoms with E-state index in [0.717, 1.165) is 22.5 Å². The van der Waals surface area contributed by atoms with E-state index in [-0.39, 0.29) is 17.9 Å². The van der Waals surface area contributed by atoms with Crippen LogP contribution in [0.1, 0.15) is 25.6 Å². The topological polar surface area (TPSA) is 67.2 Å². The zero-order chi connectivity index (χ0) is 19.5. The number of hydrogen-bond acceptors (Lipinski definition) is 3. The minimum Gasteiger partial charge on any atom is -0.353 e. The summed E-state index contributed by atoms with van der Waals surface area (Å²) in [4.78, 5) is 31.4. The van der Waals surface area contributed by atoms with Crippen LogP contribution >= 0.6 is 0 Å². The van der Waals surface area contributed by atoms with Gasteiger partial charge in [-0.3, -0.25) is 14.2 Å². The van der Waals surface area contributed by atoms with Crippen LogP contribution in [0.4, 0.5) is 0 Å². The third kappa shape index (κ3) is 3.38. The molecule has 0 saturated carbocycles. The second-order valence-electron chi connectivity index (χ2n) is 6.99. The Balaban J connectivity index is 1.60. The fourth-order valence-corrected chi connectivity index (χ4v) is 3.89. The molecule has 144 valence electrons. The summed E-state index contributed by atoms with van der Waals surface area (Å²) in [6, 6.07) is 17.7. The molecule has 1 atom stereocenters. The number of benzene rings is 2. The Hall–Kier alpha value is -3.15. The highest BCUT2D eigenvalue weighted by atomic mass is 16.2. The molecule has 1 saturated heterocycles. The summed E-state index contributed by atoms with van der Waals surface area (Å²) >= 11 is 0. The van der Waals surface area contributed by atoms with Gasteiger partial charge in [0.05, 0.1) is 11.0 Å². The number of hydrogen-bond donors (Lipinski definition) is 1. The summed E-state index contributed by atoms with van der Waals surface area (Å²) in [5.41, 5.74) is 2.97. The van der Waals surface area contributed by atoms with Gasteiger partial charge in [0.1, 0.15) is 11.9 Å². The molecule has 1 aliphatic heterocycles. The maximum atomic E-state index is 12.9. The molecule has 0 spiro atoms. The lowest BCUT2D eigenvalue weighted by Crippen LogP contribution is -2.56. The lowest BCUT2D eigenvalue weighted by atomic mass is 10.1. The molecule has 1 fully saturated rings. The predicted octanol–water partition coefficient (Wildman–Crippen LogP) is 2.70. The van der Waals surface area contributed by atoms with Crippen molar-refractivity contribution in [3.8, 4) is 5.69 Å². The highest BCUT2D eigenvalue weighted by Crippen LogP contribution is 2.23. The summed E-state index contributed by atoms with van der Waals surface area (Å²) in [5.74, 6) is 0.808. The Bertz CT molecular complexity index is 996. The molecule has 2 aromatic carbocycles. The molecule has 0 aliphatic carbocycles. The fourth-order valence-electron chi connectivity index (χ4n) is 3.89. The van der Waals surface area contributed by atoms with Gasteiger partial charge in [0.25, 0.3) is 0 Å². The van der Waals surface area contributed by atoms with Crippen molar-refractivity contribution in [1.29, 1.82) is 0 Å². The number of nitrogens with one attached hydrogen (secondary N) is 1. The highest BCUT2D eigenvalue weighted by Gasteiger charge is 2.31. The van der Waals surface area contributed by atoms with Gasteiger partial charge in [-0.2, -0.15) is 0 Å². The standard InChI is InChI=1S/C22H24N4O2/c1-2-18-22(28)23-14-15-25(18)21(27)13-12-20-24-17-10-6-7-11-19(17)26(20)16-8-4-3-5-9-16/h3-11,18H,2,12-15H2,1H3,(H,23,28). The van der Waals surface area contributed by atoms with Crippen molar-refractivity contribution in [2.75, 3.05) is 13.1 Å². The van der Waals surface area contributed by atoms with Crippen LogP contribution in [0, 0.1) is 0 Å². The predicted molar refractivity (Wildman–Crippen MR) is 108 cm³/mol. The number of carbonyl (C=O) groups excluding carboxylic acids is 2. The monoisotopic (exact) mass is 376 g/mol. The normalized spacial score (nSPS) is 17.0.